The molecule has 20 heavy (non-hydrogen) atoms. The number of aromatic carboxylic acids is 1. The lowest BCUT2D eigenvalue weighted by molar-refractivity contribution is 0.0689. The van der Waals surface area contributed by atoms with E-state index >= 15 is 0 Å². The molecule has 0 saturated carbocycles. The number of benzene rings is 1. The van der Waals surface area contributed by atoms with Gasteiger partial charge in [-0.15, -0.1) is 0 Å². The Hall–Kier alpha value is -2.24. The number of hydrogen-bond acceptors (Lipinski definition) is 2. The fourth-order valence-electron chi connectivity index (χ4n) is 2.57. The molecular formula is C14H12F2N2O2. The van der Waals surface area contributed by atoms with E-state index in [4.69, 9.17) is 0 Å². The van der Waals surface area contributed by atoms with Gasteiger partial charge in [-0.25, -0.2) is 18.6 Å². The van der Waals surface area contributed by atoms with E-state index in [1.165, 1.54) is 6.07 Å². The first kappa shape index (κ1) is 12.8. The van der Waals surface area contributed by atoms with E-state index in [1.54, 1.807) is 4.57 Å². The SMILES string of the molecule is O=C(O)c1nc(-c2ccc(F)c(F)c2)n2c1CCCC2. The van der Waals surface area contributed by atoms with Crippen LogP contribution in [0, 0.1) is 11.6 Å². The number of carboxylic acid groups (broad SMARTS) is 1. The molecule has 0 saturated heterocycles. The smallest absolute Gasteiger partial charge is 0.356 e. The lowest BCUT2D eigenvalue weighted by Gasteiger charge is -2.17. The van der Waals surface area contributed by atoms with Crippen LogP contribution >= 0.6 is 0 Å². The van der Waals surface area contributed by atoms with Gasteiger partial charge < -0.3 is 9.67 Å². The van der Waals surface area contributed by atoms with Gasteiger partial charge in [-0.2, -0.15) is 0 Å². The minimum atomic E-state index is -1.09. The highest BCUT2D eigenvalue weighted by molar-refractivity contribution is 5.88. The predicted molar refractivity (Wildman–Crippen MR) is 67.5 cm³/mol. The zero-order valence-electron chi connectivity index (χ0n) is 10.6. The van der Waals surface area contributed by atoms with Crippen LogP contribution in [-0.2, 0) is 13.0 Å². The van der Waals surface area contributed by atoms with Crippen molar-refractivity contribution >= 4 is 5.97 Å². The van der Waals surface area contributed by atoms with Crippen molar-refractivity contribution in [2.24, 2.45) is 0 Å². The van der Waals surface area contributed by atoms with Gasteiger partial charge in [-0.3, -0.25) is 0 Å². The lowest BCUT2D eigenvalue weighted by atomic mass is 10.1. The third-order valence-corrected chi connectivity index (χ3v) is 3.50. The van der Waals surface area contributed by atoms with E-state index in [0.29, 0.717) is 30.0 Å². The Balaban J connectivity index is 2.18. The lowest BCUT2D eigenvalue weighted by Crippen LogP contribution is -2.13. The highest BCUT2D eigenvalue weighted by Gasteiger charge is 2.24. The van der Waals surface area contributed by atoms with Gasteiger partial charge in [0.25, 0.3) is 0 Å². The number of halogens is 2. The summed E-state index contributed by atoms with van der Waals surface area (Å²) >= 11 is 0. The number of fused-ring (bicyclic) bond motifs is 1. The fourth-order valence-corrected chi connectivity index (χ4v) is 2.57. The van der Waals surface area contributed by atoms with Crippen molar-refractivity contribution in [3.05, 3.63) is 41.2 Å². The van der Waals surface area contributed by atoms with Crippen molar-refractivity contribution < 1.29 is 18.7 Å². The molecule has 6 heteroatoms. The van der Waals surface area contributed by atoms with Gasteiger partial charge >= 0.3 is 5.97 Å². The zero-order valence-corrected chi connectivity index (χ0v) is 10.6. The van der Waals surface area contributed by atoms with Gasteiger partial charge in [0.15, 0.2) is 17.3 Å². The maximum atomic E-state index is 13.3. The highest BCUT2D eigenvalue weighted by Crippen LogP contribution is 2.28. The largest absolute Gasteiger partial charge is 0.476 e. The van der Waals surface area contributed by atoms with Crippen LogP contribution in [0.25, 0.3) is 11.4 Å². The Morgan fingerprint density at radius 3 is 2.75 bits per heavy atom. The Morgan fingerprint density at radius 2 is 2.05 bits per heavy atom. The summed E-state index contributed by atoms with van der Waals surface area (Å²) in [7, 11) is 0. The Morgan fingerprint density at radius 1 is 1.25 bits per heavy atom. The number of imidazole rings is 1. The zero-order chi connectivity index (χ0) is 14.3. The summed E-state index contributed by atoms with van der Waals surface area (Å²) in [5.41, 5.74) is 1.05. The predicted octanol–water partition coefficient (Wildman–Crippen LogP) is 2.86. The van der Waals surface area contributed by atoms with Gasteiger partial charge in [0.1, 0.15) is 5.82 Å². The summed E-state index contributed by atoms with van der Waals surface area (Å²) in [6, 6.07) is 3.48. The average Bonchev–Trinajstić information content (AvgIpc) is 2.82. The first-order chi connectivity index (χ1) is 9.58. The van der Waals surface area contributed by atoms with E-state index in [1.807, 2.05) is 0 Å². The van der Waals surface area contributed by atoms with Crippen LogP contribution in [0.5, 0.6) is 0 Å². The van der Waals surface area contributed by atoms with Gasteiger partial charge in [0.2, 0.25) is 0 Å². The van der Waals surface area contributed by atoms with Crippen LogP contribution in [0.4, 0.5) is 8.78 Å². The second-order valence-electron chi connectivity index (χ2n) is 4.77. The molecule has 2 heterocycles. The molecular weight excluding hydrogens is 266 g/mol. The van der Waals surface area contributed by atoms with Crippen molar-refractivity contribution in [2.45, 2.75) is 25.8 Å². The summed E-state index contributed by atoms with van der Waals surface area (Å²) in [5.74, 6) is -2.61. The number of carboxylic acids is 1. The number of carbonyl (C=O) groups is 1. The molecule has 1 aromatic heterocycles. The molecule has 4 nitrogen and oxygen atoms in total. The van der Waals surface area contributed by atoms with Crippen LogP contribution in [0.1, 0.15) is 29.0 Å². The Labute approximate surface area is 113 Å². The number of nitrogens with zero attached hydrogens (tertiary/aromatic N) is 2. The average molecular weight is 278 g/mol. The fraction of sp³-hybridized carbons (Fsp3) is 0.286. The second-order valence-corrected chi connectivity index (χ2v) is 4.77. The number of rotatable bonds is 2. The van der Waals surface area contributed by atoms with E-state index in [-0.39, 0.29) is 5.69 Å². The third-order valence-electron chi connectivity index (χ3n) is 3.50. The van der Waals surface area contributed by atoms with Gasteiger partial charge in [0, 0.05) is 12.1 Å². The monoisotopic (exact) mass is 278 g/mol. The first-order valence-corrected chi connectivity index (χ1v) is 6.36. The number of aromatic nitrogens is 2. The van der Waals surface area contributed by atoms with Crippen LogP contribution in [0.3, 0.4) is 0 Å². The van der Waals surface area contributed by atoms with Gasteiger partial charge in [-0.1, -0.05) is 0 Å². The summed E-state index contributed by atoms with van der Waals surface area (Å²) in [4.78, 5) is 15.3. The summed E-state index contributed by atoms with van der Waals surface area (Å²) < 4.78 is 28.1. The molecule has 0 unspecified atom stereocenters. The normalized spacial score (nSPS) is 14.1. The first-order valence-electron chi connectivity index (χ1n) is 6.36. The van der Waals surface area contributed by atoms with E-state index < -0.39 is 17.6 Å². The molecule has 0 atom stereocenters. The van der Waals surface area contributed by atoms with Gasteiger partial charge in [-0.05, 0) is 37.5 Å². The molecule has 3 rings (SSSR count). The highest BCUT2D eigenvalue weighted by atomic mass is 19.2. The van der Waals surface area contributed by atoms with E-state index in [0.717, 1.165) is 25.0 Å². The second kappa shape index (κ2) is 4.70. The minimum Gasteiger partial charge on any atom is -0.476 e. The summed E-state index contributed by atoms with van der Waals surface area (Å²) in [6.07, 6.45) is 2.46. The topological polar surface area (TPSA) is 55.1 Å². The van der Waals surface area contributed by atoms with Crippen LogP contribution < -0.4 is 0 Å². The maximum absolute atomic E-state index is 13.3. The maximum Gasteiger partial charge on any atom is 0.356 e. The van der Waals surface area contributed by atoms with Crippen LogP contribution in [0.15, 0.2) is 18.2 Å². The number of hydrogen-bond donors (Lipinski definition) is 1. The molecule has 104 valence electrons. The molecule has 2 aromatic rings. The molecule has 1 aromatic carbocycles. The standard InChI is InChI=1S/C14H12F2N2O2/c15-9-5-4-8(7-10(9)16)13-17-12(14(19)20)11-3-1-2-6-18(11)13/h4-5,7H,1-3,6H2,(H,19,20). The van der Waals surface area contributed by atoms with Crippen molar-refractivity contribution in [3.8, 4) is 11.4 Å². The third kappa shape index (κ3) is 1.97. The molecule has 1 aliphatic heterocycles. The van der Waals surface area contributed by atoms with E-state index in [9.17, 15) is 18.7 Å². The molecule has 0 spiro atoms. The summed E-state index contributed by atoms with van der Waals surface area (Å²) in [5, 5.41) is 9.19. The molecule has 0 aliphatic carbocycles. The molecule has 1 N–H and O–H groups in total. The molecule has 0 fully saturated rings. The van der Waals surface area contributed by atoms with Crippen LogP contribution in [0.2, 0.25) is 0 Å². The molecule has 1 aliphatic rings. The van der Waals surface area contributed by atoms with E-state index in [2.05, 4.69) is 4.98 Å². The molecule has 0 bridgehead atoms. The van der Waals surface area contributed by atoms with Crippen molar-refractivity contribution in [1.29, 1.82) is 0 Å². The Kier molecular flexibility index (Phi) is 3.00. The van der Waals surface area contributed by atoms with Crippen molar-refractivity contribution in [2.75, 3.05) is 0 Å². The summed E-state index contributed by atoms with van der Waals surface area (Å²) in [6.45, 7) is 0.643. The van der Waals surface area contributed by atoms with Gasteiger partial charge in [0.05, 0.1) is 5.69 Å². The molecule has 0 radical (unpaired) electrons. The minimum absolute atomic E-state index is 0.00410. The molecule has 0 amide bonds. The quantitative estimate of drug-likeness (QED) is 0.919. The van der Waals surface area contributed by atoms with Crippen LogP contribution in [-0.4, -0.2) is 20.6 Å². The van der Waals surface area contributed by atoms with Crippen molar-refractivity contribution in [3.63, 3.8) is 0 Å². The van der Waals surface area contributed by atoms with Crippen molar-refractivity contribution in [1.82, 2.24) is 9.55 Å². The Bertz CT molecular complexity index is 695.